The molecule has 3 aromatic rings. The summed E-state index contributed by atoms with van der Waals surface area (Å²) in [6.45, 7) is 3.31. The summed E-state index contributed by atoms with van der Waals surface area (Å²) in [5.74, 6) is -1.43. The van der Waals surface area contributed by atoms with Gasteiger partial charge in [0.2, 0.25) is 0 Å². The molecule has 0 aromatic heterocycles. The van der Waals surface area contributed by atoms with Gasteiger partial charge in [-0.15, -0.1) is 11.8 Å². The van der Waals surface area contributed by atoms with E-state index in [1.807, 2.05) is 50.4 Å². The lowest BCUT2D eigenvalue weighted by atomic mass is 9.94. The molecular formula is C25H23NO4S. The predicted octanol–water partition coefficient (Wildman–Crippen LogP) is 5.05. The molecule has 0 aliphatic heterocycles. The van der Waals surface area contributed by atoms with Gasteiger partial charge in [0.05, 0.1) is 5.56 Å². The Morgan fingerprint density at radius 1 is 0.871 bits per heavy atom. The van der Waals surface area contributed by atoms with Gasteiger partial charge in [0.1, 0.15) is 0 Å². The number of thioether (sulfide) groups is 1. The van der Waals surface area contributed by atoms with Crippen LogP contribution in [0.4, 0.5) is 5.69 Å². The zero-order valence-corrected chi connectivity index (χ0v) is 18.4. The first kappa shape index (κ1) is 22.3. The van der Waals surface area contributed by atoms with Crippen LogP contribution in [0.15, 0.2) is 71.6 Å². The van der Waals surface area contributed by atoms with Crippen LogP contribution in [-0.4, -0.2) is 30.5 Å². The number of benzene rings is 3. The Morgan fingerprint density at radius 2 is 1.61 bits per heavy atom. The fourth-order valence-corrected chi connectivity index (χ4v) is 3.55. The van der Waals surface area contributed by atoms with E-state index >= 15 is 0 Å². The third-order valence-electron chi connectivity index (χ3n) is 4.72. The minimum Gasteiger partial charge on any atom is -0.452 e. The standard InChI is InChI=1S/C25H23NO4S/c1-16-11-12-17(2)22(13-16)24(28)20-9-4-5-10-21(20)25(29)30-15-23(27)26-18-7-6-8-19(14-18)31-3/h4-14H,15H2,1-3H3,(H,26,27). The molecule has 3 rings (SSSR count). The molecule has 0 saturated heterocycles. The quantitative estimate of drug-likeness (QED) is 0.321. The Hall–Kier alpha value is -3.38. The van der Waals surface area contributed by atoms with Gasteiger partial charge < -0.3 is 10.1 Å². The summed E-state index contributed by atoms with van der Waals surface area (Å²) in [6.07, 6.45) is 1.94. The zero-order chi connectivity index (χ0) is 22.4. The van der Waals surface area contributed by atoms with Crippen LogP contribution in [0.3, 0.4) is 0 Å². The van der Waals surface area contributed by atoms with Gasteiger partial charge in [-0.25, -0.2) is 4.79 Å². The second kappa shape index (κ2) is 10.1. The Kier molecular flexibility index (Phi) is 7.26. The van der Waals surface area contributed by atoms with Gasteiger partial charge in [-0.1, -0.05) is 42.0 Å². The Morgan fingerprint density at radius 3 is 2.35 bits per heavy atom. The number of carbonyl (C=O) groups excluding carboxylic acids is 3. The van der Waals surface area contributed by atoms with Crippen molar-refractivity contribution in [1.82, 2.24) is 0 Å². The monoisotopic (exact) mass is 433 g/mol. The number of carbonyl (C=O) groups is 3. The average Bonchev–Trinajstić information content (AvgIpc) is 2.78. The summed E-state index contributed by atoms with van der Waals surface area (Å²) in [7, 11) is 0. The first-order valence-electron chi connectivity index (χ1n) is 9.71. The van der Waals surface area contributed by atoms with Crippen LogP contribution in [0.1, 0.15) is 37.4 Å². The van der Waals surface area contributed by atoms with E-state index in [-0.39, 0.29) is 16.9 Å². The molecule has 0 spiro atoms. The van der Waals surface area contributed by atoms with Crippen LogP contribution in [0.2, 0.25) is 0 Å². The number of anilines is 1. The molecule has 0 heterocycles. The van der Waals surface area contributed by atoms with Crippen molar-refractivity contribution in [2.45, 2.75) is 18.7 Å². The largest absolute Gasteiger partial charge is 0.452 e. The summed E-state index contributed by atoms with van der Waals surface area (Å²) < 4.78 is 5.19. The van der Waals surface area contributed by atoms with Crippen molar-refractivity contribution in [3.05, 3.63) is 94.5 Å². The van der Waals surface area contributed by atoms with Crippen molar-refractivity contribution in [2.24, 2.45) is 0 Å². The molecule has 158 valence electrons. The van der Waals surface area contributed by atoms with Crippen LogP contribution < -0.4 is 5.32 Å². The molecule has 0 unspecified atom stereocenters. The summed E-state index contributed by atoms with van der Waals surface area (Å²) in [5.41, 5.74) is 3.31. The Bertz CT molecular complexity index is 1140. The van der Waals surface area contributed by atoms with Crippen molar-refractivity contribution in [1.29, 1.82) is 0 Å². The SMILES string of the molecule is CSc1cccc(NC(=O)COC(=O)c2ccccc2C(=O)c2cc(C)ccc2C)c1. The predicted molar refractivity (Wildman–Crippen MR) is 123 cm³/mol. The minimum absolute atomic E-state index is 0.130. The molecule has 0 fully saturated rings. The van der Waals surface area contributed by atoms with Gasteiger partial charge in [-0.05, 0) is 56.0 Å². The van der Waals surface area contributed by atoms with E-state index < -0.39 is 18.5 Å². The number of amides is 1. The number of ketones is 1. The molecule has 0 aliphatic carbocycles. The molecule has 1 N–H and O–H groups in total. The lowest BCUT2D eigenvalue weighted by molar-refractivity contribution is -0.119. The second-order valence-electron chi connectivity index (χ2n) is 7.05. The maximum atomic E-state index is 13.1. The van der Waals surface area contributed by atoms with E-state index in [0.717, 1.165) is 16.0 Å². The number of nitrogens with one attached hydrogen (secondary N) is 1. The first-order chi connectivity index (χ1) is 14.9. The van der Waals surface area contributed by atoms with E-state index in [1.165, 1.54) is 6.07 Å². The summed E-state index contributed by atoms with van der Waals surface area (Å²) in [5, 5.41) is 2.70. The van der Waals surface area contributed by atoms with Crippen molar-refractivity contribution in [3.8, 4) is 0 Å². The van der Waals surface area contributed by atoms with Crippen LogP contribution in [-0.2, 0) is 9.53 Å². The van der Waals surface area contributed by atoms with Crippen LogP contribution in [0.25, 0.3) is 0 Å². The number of hydrogen-bond donors (Lipinski definition) is 1. The number of aryl methyl sites for hydroxylation is 2. The highest BCUT2D eigenvalue weighted by atomic mass is 32.2. The lowest BCUT2D eigenvalue weighted by Gasteiger charge is -2.11. The molecule has 31 heavy (non-hydrogen) atoms. The molecule has 3 aromatic carbocycles. The van der Waals surface area contributed by atoms with Crippen LogP contribution >= 0.6 is 11.8 Å². The molecule has 0 bridgehead atoms. The number of hydrogen-bond acceptors (Lipinski definition) is 5. The fourth-order valence-electron chi connectivity index (χ4n) is 3.09. The maximum Gasteiger partial charge on any atom is 0.339 e. The third-order valence-corrected chi connectivity index (χ3v) is 5.44. The van der Waals surface area contributed by atoms with Gasteiger partial charge in [0, 0.05) is 21.7 Å². The van der Waals surface area contributed by atoms with Gasteiger partial charge in [-0.2, -0.15) is 0 Å². The molecule has 6 heteroatoms. The Balaban J connectivity index is 1.72. The van der Waals surface area contributed by atoms with E-state index in [0.29, 0.717) is 11.3 Å². The minimum atomic E-state index is -0.720. The van der Waals surface area contributed by atoms with E-state index in [4.69, 9.17) is 4.74 Å². The van der Waals surface area contributed by atoms with Gasteiger partial charge in [0.25, 0.3) is 5.91 Å². The maximum absolute atomic E-state index is 13.1. The third kappa shape index (κ3) is 5.61. The molecule has 0 atom stereocenters. The van der Waals surface area contributed by atoms with Crippen LogP contribution in [0, 0.1) is 13.8 Å². The highest BCUT2D eigenvalue weighted by Crippen LogP contribution is 2.20. The van der Waals surface area contributed by atoms with Crippen LogP contribution in [0.5, 0.6) is 0 Å². The van der Waals surface area contributed by atoms with E-state index in [9.17, 15) is 14.4 Å². The van der Waals surface area contributed by atoms with Crippen molar-refractivity contribution < 1.29 is 19.1 Å². The highest BCUT2D eigenvalue weighted by molar-refractivity contribution is 7.98. The molecule has 0 aliphatic rings. The molecule has 0 radical (unpaired) electrons. The summed E-state index contributed by atoms with van der Waals surface area (Å²) in [6, 6.07) is 19.4. The van der Waals surface area contributed by atoms with E-state index in [1.54, 1.807) is 42.1 Å². The average molecular weight is 434 g/mol. The van der Waals surface area contributed by atoms with Gasteiger partial charge in [0.15, 0.2) is 12.4 Å². The topological polar surface area (TPSA) is 72.5 Å². The van der Waals surface area contributed by atoms with Gasteiger partial charge >= 0.3 is 5.97 Å². The summed E-state index contributed by atoms with van der Waals surface area (Å²) in [4.78, 5) is 39.0. The van der Waals surface area contributed by atoms with Crippen molar-refractivity contribution >= 4 is 35.1 Å². The molecule has 1 amide bonds. The smallest absolute Gasteiger partial charge is 0.339 e. The highest BCUT2D eigenvalue weighted by Gasteiger charge is 2.21. The zero-order valence-electron chi connectivity index (χ0n) is 17.6. The summed E-state index contributed by atoms with van der Waals surface area (Å²) >= 11 is 1.56. The van der Waals surface area contributed by atoms with Crippen molar-refractivity contribution in [3.63, 3.8) is 0 Å². The molecular weight excluding hydrogens is 410 g/mol. The lowest BCUT2D eigenvalue weighted by Crippen LogP contribution is -2.22. The normalized spacial score (nSPS) is 10.4. The first-order valence-corrected chi connectivity index (χ1v) is 10.9. The number of ether oxygens (including phenoxy) is 1. The Labute approximate surface area is 185 Å². The fraction of sp³-hybridized carbons (Fsp3) is 0.160. The number of esters is 1. The van der Waals surface area contributed by atoms with Crippen molar-refractivity contribution in [2.75, 3.05) is 18.2 Å². The molecule has 5 nitrogen and oxygen atoms in total. The van der Waals surface area contributed by atoms with Gasteiger partial charge in [-0.3, -0.25) is 9.59 Å². The molecule has 0 saturated carbocycles. The second-order valence-corrected chi connectivity index (χ2v) is 7.93. The van der Waals surface area contributed by atoms with E-state index in [2.05, 4.69) is 5.32 Å². The number of rotatable bonds is 7.